The van der Waals surface area contributed by atoms with Crippen molar-refractivity contribution in [2.45, 2.75) is 6.18 Å². The number of para-hydroxylation sites is 1. The normalized spacial score (nSPS) is 11.2. The van der Waals surface area contributed by atoms with Crippen LogP contribution in [0.3, 0.4) is 0 Å². The van der Waals surface area contributed by atoms with Crippen LogP contribution in [0, 0.1) is 0 Å². The van der Waals surface area contributed by atoms with E-state index in [1.54, 1.807) is 18.3 Å². The Morgan fingerprint density at radius 1 is 1.17 bits per heavy atom. The summed E-state index contributed by atoms with van der Waals surface area (Å²) in [5.74, 6) is -1.25. The Kier molecular flexibility index (Phi) is 5.83. The number of rotatable bonds is 6. The zero-order valence-corrected chi connectivity index (χ0v) is 15.3. The molecule has 2 aromatic heterocycles. The highest BCUT2D eigenvalue weighted by Crippen LogP contribution is 2.39. The van der Waals surface area contributed by atoms with E-state index >= 15 is 0 Å². The molecule has 0 saturated carbocycles. The molecule has 29 heavy (non-hydrogen) atoms. The van der Waals surface area contributed by atoms with E-state index in [1.165, 1.54) is 24.4 Å². The smallest absolute Gasteiger partial charge is 0.418 e. The predicted octanol–water partition coefficient (Wildman–Crippen LogP) is 4.45. The lowest BCUT2D eigenvalue weighted by atomic mass is 10.1. The van der Waals surface area contributed by atoms with Gasteiger partial charge in [0.25, 0.3) is 0 Å². The van der Waals surface area contributed by atoms with Gasteiger partial charge in [-0.25, -0.2) is 4.98 Å². The van der Waals surface area contributed by atoms with Crippen molar-refractivity contribution in [3.05, 3.63) is 59.4 Å². The molecule has 11 heteroatoms. The molecule has 2 heterocycles. The van der Waals surface area contributed by atoms with Crippen molar-refractivity contribution in [1.82, 2.24) is 15.0 Å². The fourth-order valence-corrected chi connectivity index (χ4v) is 2.64. The number of anilines is 3. The minimum absolute atomic E-state index is 0.00894. The summed E-state index contributed by atoms with van der Waals surface area (Å²) in [6, 6.07) is 8.15. The summed E-state index contributed by atoms with van der Waals surface area (Å²) < 4.78 is 40.0. The highest BCUT2D eigenvalue weighted by molar-refractivity contribution is 6.33. The Morgan fingerprint density at radius 2 is 1.97 bits per heavy atom. The van der Waals surface area contributed by atoms with E-state index in [4.69, 9.17) is 16.7 Å². The summed E-state index contributed by atoms with van der Waals surface area (Å²) in [6.07, 6.45) is -1.59. The van der Waals surface area contributed by atoms with Crippen molar-refractivity contribution in [2.75, 3.05) is 17.2 Å². The lowest BCUT2D eigenvalue weighted by Gasteiger charge is -2.16. The second-order valence-electron chi connectivity index (χ2n) is 5.74. The zero-order chi connectivity index (χ0) is 21.0. The minimum Gasteiger partial charge on any atom is -0.480 e. The number of hydrogen-bond acceptors (Lipinski definition) is 6. The molecule has 0 radical (unpaired) electrons. The first kappa shape index (κ1) is 20.3. The topological polar surface area (TPSA) is 100 Å². The number of hydrogen-bond donors (Lipinski definition) is 3. The van der Waals surface area contributed by atoms with E-state index in [-0.39, 0.29) is 22.5 Å². The lowest BCUT2D eigenvalue weighted by molar-refractivity contribution is -0.137. The first-order chi connectivity index (χ1) is 13.7. The highest BCUT2D eigenvalue weighted by atomic mass is 35.5. The minimum atomic E-state index is -4.64. The standard InChI is InChI=1S/C18H13ClF3N5O2/c19-12-5-1-4-11(18(20,21)22)16(12)26-14-7-13(10-3-2-6-23-8-10)25-17(27-14)24-9-15(28)29/h1-8H,9H2,(H,28,29)(H2,24,25,26,27). The van der Waals surface area contributed by atoms with Gasteiger partial charge in [0, 0.05) is 24.0 Å². The number of halogens is 4. The van der Waals surface area contributed by atoms with Crippen LogP contribution in [-0.2, 0) is 11.0 Å². The van der Waals surface area contributed by atoms with Gasteiger partial charge in [-0.3, -0.25) is 9.78 Å². The number of carboxylic acid groups (broad SMARTS) is 1. The average molecular weight is 424 g/mol. The molecule has 7 nitrogen and oxygen atoms in total. The SMILES string of the molecule is O=C(O)CNc1nc(Nc2c(Cl)cccc2C(F)(F)F)cc(-c2cccnc2)n1. The molecular formula is C18H13ClF3N5O2. The number of carboxylic acids is 1. The van der Waals surface area contributed by atoms with Crippen LogP contribution in [0.25, 0.3) is 11.3 Å². The van der Waals surface area contributed by atoms with Crippen LogP contribution in [-0.4, -0.2) is 32.6 Å². The van der Waals surface area contributed by atoms with Crippen LogP contribution in [0.5, 0.6) is 0 Å². The van der Waals surface area contributed by atoms with Crippen molar-refractivity contribution in [3.63, 3.8) is 0 Å². The van der Waals surface area contributed by atoms with Crippen molar-refractivity contribution in [1.29, 1.82) is 0 Å². The fourth-order valence-electron chi connectivity index (χ4n) is 2.42. The summed E-state index contributed by atoms with van der Waals surface area (Å²) >= 11 is 5.98. The third-order valence-corrected chi connectivity index (χ3v) is 3.97. The maximum Gasteiger partial charge on any atom is 0.418 e. The van der Waals surface area contributed by atoms with E-state index in [0.29, 0.717) is 11.3 Å². The monoisotopic (exact) mass is 423 g/mol. The number of nitrogens with one attached hydrogen (secondary N) is 2. The van der Waals surface area contributed by atoms with Gasteiger partial charge >= 0.3 is 12.1 Å². The molecule has 1 aromatic carbocycles. The molecule has 3 N–H and O–H groups in total. The van der Waals surface area contributed by atoms with Crippen LogP contribution in [0.2, 0.25) is 5.02 Å². The van der Waals surface area contributed by atoms with Gasteiger partial charge in [-0.15, -0.1) is 0 Å². The molecular weight excluding hydrogens is 411 g/mol. The molecule has 0 spiro atoms. The number of pyridine rings is 1. The quantitative estimate of drug-likeness (QED) is 0.538. The third kappa shape index (κ3) is 5.11. The van der Waals surface area contributed by atoms with Crippen LogP contribution in [0.15, 0.2) is 48.8 Å². The highest BCUT2D eigenvalue weighted by Gasteiger charge is 2.34. The van der Waals surface area contributed by atoms with E-state index in [2.05, 4.69) is 25.6 Å². The van der Waals surface area contributed by atoms with Crippen LogP contribution >= 0.6 is 11.6 Å². The molecule has 0 unspecified atom stereocenters. The maximum atomic E-state index is 13.3. The molecule has 0 aliphatic rings. The Morgan fingerprint density at radius 3 is 2.62 bits per heavy atom. The molecule has 0 bridgehead atoms. The summed E-state index contributed by atoms with van der Waals surface area (Å²) in [5, 5.41) is 13.8. The van der Waals surface area contributed by atoms with Crippen molar-refractivity contribution < 1.29 is 23.1 Å². The summed E-state index contributed by atoms with van der Waals surface area (Å²) in [4.78, 5) is 23.0. The fraction of sp³-hybridized carbons (Fsp3) is 0.111. The first-order valence-electron chi connectivity index (χ1n) is 8.12. The van der Waals surface area contributed by atoms with Gasteiger partial charge < -0.3 is 15.7 Å². The number of aliphatic carboxylic acids is 1. The number of aromatic nitrogens is 3. The molecule has 0 saturated heterocycles. The van der Waals surface area contributed by atoms with Gasteiger partial charge in [-0.05, 0) is 24.3 Å². The zero-order valence-electron chi connectivity index (χ0n) is 14.5. The first-order valence-corrected chi connectivity index (χ1v) is 8.49. The number of nitrogens with zero attached hydrogens (tertiary/aromatic N) is 3. The lowest BCUT2D eigenvalue weighted by Crippen LogP contribution is -2.15. The Hall–Kier alpha value is -3.40. The van der Waals surface area contributed by atoms with Crippen LogP contribution in [0.4, 0.5) is 30.6 Å². The molecule has 0 amide bonds. The third-order valence-electron chi connectivity index (χ3n) is 3.65. The number of benzene rings is 1. The maximum absolute atomic E-state index is 13.3. The van der Waals surface area contributed by atoms with Gasteiger partial charge in [-0.1, -0.05) is 17.7 Å². The van der Waals surface area contributed by atoms with E-state index in [1.807, 2.05) is 0 Å². The molecule has 150 valence electrons. The van der Waals surface area contributed by atoms with Crippen LogP contribution < -0.4 is 10.6 Å². The van der Waals surface area contributed by atoms with Gasteiger partial charge in [0.15, 0.2) is 0 Å². The second kappa shape index (κ2) is 8.31. The molecule has 0 fully saturated rings. The van der Waals surface area contributed by atoms with Crippen molar-refractivity contribution >= 4 is 35.0 Å². The van der Waals surface area contributed by atoms with Gasteiger partial charge in [-0.2, -0.15) is 18.2 Å². The molecule has 3 aromatic rings. The van der Waals surface area contributed by atoms with E-state index in [9.17, 15) is 18.0 Å². The molecule has 0 aliphatic carbocycles. The Labute approximate surface area is 167 Å². The second-order valence-corrected chi connectivity index (χ2v) is 6.14. The number of alkyl halides is 3. The van der Waals surface area contributed by atoms with E-state index in [0.717, 1.165) is 6.07 Å². The molecule has 3 rings (SSSR count). The summed E-state index contributed by atoms with van der Waals surface area (Å²) in [6.45, 7) is -0.476. The van der Waals surface area contributed by atoms with E-state index < -0.39 is 24.3 Å². The Bertz CT molecular complexity index is 1030. The largest absolute Gasteiger partial charge is 0.480 e. The van der Waals surface area contributed by atoms with Crippen molar-refractivity contribution in [2.24, 2.45) is 0 Å². The molecule has 0 atom stereocenters. The van der Waals surface area contributed by atoms with Crippen LogP contribution in [0.1, 0.15) is 5.56 Å². The average Bonchev–Trinajstić information content (AvgIpc) is 2.67. The Balaban J connectivity index is 2.05. The van der Waals surface area contributed by atoms with Gasteiger partial charge in [0.05, 0.1) is 22.0 Å². The van der Waals surface area contributed by atoms with Gasteiger partial charge in [0.1, 0.15) is 12.4 Å². The predicted molar refractivity (Wildman–Crippen MR) is 101 cm³/mol. The molecule has 0 aliphatic heterocycles. The summed E-state index contributed by atoms with van der Waals surface area (Å²) in [5.41, 5.74) is -0.455. The number of carbonyl (C=O) groups is 1. The summed E-state index contributed by atoms with van der Waals surface area (Å²) in [7, 11) is 0. The van der Waals surface area contributed by atoms with Gasteiger partial charge in [0.2, 0.25) is 5.95 Å². The van der Waals surface area contributed by atoms with Crippen molar-refractivity contribution in [3.8, 4) is 11.3 Å².